The molecule has 1 aliphatic heterocycles. The van der Waals surface area contributed by atoms with Crippen molar-refractivity contribution in [1.82, 2.24) is 14.3 Å². The minimum atomic E-state index is 0.644. The molecule has 1 saturated heterocycles. The van der Waals surface area contributed by atoms with Gasteiger partial charge in [-0.15, -0.1) is 0 Å². The Kier molecular flexibility index (Phi) is 5.78. The number of halogens is 1. The molecule has 3 aromatic heterocycles. The van der Waals surface area contributed by atoms with Gasteiger partial charge in [0, 0.05) is 43.1 Å². The van der Waals surface area contributed by atoms with Crippen molar-refractivity contribution in [2.24, 2.45) is 0 Å². The quantitative estimate of drug-likeness (QED) is 0.437. The van der Waals surface area contributed by atoms with Gasteiger partial charge in [0.1, 0.15) is 12.0 Å². The van der Waals surface area contributed by atoms with Crippen molar-refractivity contribution in [2.75, 3.05) is 38.7 Å². The van der Waals surface area contributed by atoms with E-state index in [1.54, 1.807) is 13.4 Å². The summed E-state index contributed by atoms with van der Waals surface area (Å²) in [5.74, 6) is 1.46. The largest absolute Gasteiger partial charge is 0.497 e. The first kappa shape index (κ1) is 20.9. The smallest absolute Gasteiger partial charge is 0.197 e. The van der Waals surface area contributed by atoms with Crippen molar-refractivity contribution in [1.29, 1.82) is 0 Å². The molecular formula is C24H25ClN4O3. The Balaban J connectivity index is 1.44. The van der Waals surface area contributed by atoms with Crippen LogP contribution in [0, 0.1) is 6.92 Å². The summed E-state index contributed by atoms with van der Waals surface area (Å²) in [6, 6.07) is 11.7. The molecule has 4 aromatic rings. The fourth-order valence-electron chi connectivity index (χ4n) is 4.06. The molecule has 0 aliphatic carbocycles. The number of nitrogens with one attached hydrogen (secondary N) is 1. The molecule has 0 bridgehead atoms. The van der Waals surface area contributed by atoms with Gasteiger partial charge in [0.25, 0.3) is 0 Å². The van der Waals surface area contributed by atoms with Gasteiger partial charge in [-0.25, -0.2) is 4.98 Å². The van der Waals surface area contributed by atoms with Gasteiger partial charge >= 0.3 is 0 Å². The maximum Gasteiger partial charge on any atom is 0.197 e. The number of fused-ring (bicyclic) bond motifs is 1. The average molecular weight is 453 g/mol. The number of anilines is 2. The van der Waals surface area contributed by atoms with Crippen LogP contribution < -0.4 is 10.1 Å². The minimum Gasteiger partial charge on any atom is -0.497 e. The Labute approximate surface area is 191 Å². The number of nitrogens with zero attached hydrogens (tertiary/aromatic N) is 3. The molecule has 0 spiro atoms. The van der Waals surface area contributed by atoms with Crippen molar-refractivity contribution < 1.29 is 13.9 Å². The maximum atomic E-state index is 6.62. The fraction of sp³-hybridized carbons (Fsp3) is 0.292. The van der Waals surface area contributed by atoms with Crippen LogP contribution in [0.15, 0.2) is 53.3 Å². The number of methoxy groups -OCH3 is 1. The number of morpholine rings is 1. The van der Waals surface area contributed by atoms with Gasteiger partial charge < -0.3 is 19.2 Å². The lowest BCUT2D eigenvalue weighted by Gasteiger charge is -2.26. The summed E-state index contributed by atoms with van der Waals surface area (Å²) in [6.07, 6.45) is 3.86. The minimum absolute atomic E-state index is 0.644. The Morgan fingerprint density at radius 1 is 1.16 bits per heavy atom. The van der Waals surface area contributed by atoms with Gasteiger partial charge in [0.2, 0.25) is 0 Å². The number of benzene rings is 1. The molecule has 0 atom stereocenters. The van der Waals surface area contributed by atoms with Crippen LogP contribution in [0.5, 0.6) is 5.75 Å². The van der Waals surface area contributed by atoms with Crippen molar-refractivity contribution in [3.63, 3.8) is 0 Å². The lowest BCUT2D eigenvalue weighted by atomic mass is 10.2. The number of hydrogen-bond donors (Lipinski definition) is 1. The predicted molar refractivity (Wildman–Crippen MR) is 125 cm³/mol. The summed E-state index contributed by atoms with van der Waals surface area (Å²) in [7, 11) is 1.65. The van der Waals surface area contributed by atoms with Crippen LogP contribution in [-0.2, 0) is 11.3 Å². The zero-order valence-corrected chi connectivity index (χ0v) is 18.9. The Hall–Kier alpha value is -3.00. The third-order valence-electron chi connectivity index (χ3n) is 5.65. The first-order chi connectivity index (χ1) is 15.6. The van der Waals surface area contributed by atoms with Crippen molar-refractivity contribution in [3.8, 4) is 17.0 Å². The second-order valence-electron chi connectivity index (χ2n) is 7.88. The van der Waals surface area contributed by atoms with Gasteiger partial charge in [0.15, 0.2) is 11.5 Å². The first-order valence-electron chi connectivity index (χ1n) is 10.6. The molecule has 5 rings (SSSR count). The van der Waals surface area contributed by atoms with Gasteiger partial charge in [0.05, 0.1) is 36.7 Å². The van der Waals surface area contributed by atoms with Crippen LogP contribution in [0.3, 0.4) is 0 Å². The number of furan rings is 1. The molecular weight excluding hydrogens is 428 g/mol. The van der Waals surface area contributed by atoms with Crippen molar-refractivity contribution in [2.45, 2.75) is 13.5 Å². The zero-order chi connectivity index (χ0) is 22.1. The highest BCUT2D eigenvalue weighted by Gasteiger charge is 2.18. The molecule has 8 heteroatoms. The number of imidazole rings is 1. The predicted octanol–water partition coefficient (Wildman–Crippen LogP) is 5.14. The number of ether oxygens (including phenoxy) is 2. The highest BCUT2D eigenvalue weighted by molar-refractivity contribution is 6.33. The number of hydrogen-bond acceptors (Lipinski definition) is 6. The molecule has 7 nitrogen and oxygen atoms in total. The summed E-state index contributed by atoms with van der Waals surface area (Å²) >= 11 is 6.62. The highest BCUT2D eigenvalue weighted by atomic mass is 35.5. The van der Waals surface area contributed by atoms with Crippen LogP contribution in [0.25, 0.3) is 16.9 Å². The van der Waals surface area contributed by atoms with E-state index in [1.807, 2.05) is 43.3 Å². The molecule has 1 fully saturated rings. The van der Waals surface area contributed by atoms with Crippen molar-refractivity contribution in [3.05, 3.63) is 65.1 Å². The van der Waals surface area contributed by atoms with Crippen LogP contribution in [0.4, 0.5) is 11.6 Å². The Bertz CT molecular complexity index is 1230. The van der Waals surface area contributed by atoms with E-state index in [2.05, 4.69) is 20.8 Å². The number of aromatic nitrogens is 2. The molecule has 1 aliphatic rings. The van der Waals surface area contributed by atoms with Crippen LogP contribution in [0.2, 0.25) is 5.02 Å². The number of pyridine rings is 1. The molecule has 0 saturated carbocycles. The summed E-state index contributed by atoms with van der Waals surface area (Å²) in [5.41, 5.74) is 5.60. The van der Waals surface area contributed by atoms with Crippen LogP contribution in [0.1, 0.15) is 11.3 Å². The van der Waals surface area contributed by atoms with Crippen molar-refractivity contribution >= 4 is 28.8 Å². The number of aryl methyl sites for hydroxylation is 1. The maximum absolute atomic E-state index is 6.62. The fourth-order valence-corrected chi connectivity index (χ4v) is 4.34. The Morgan fingerprint density at radius 3 is 2.69 bits per heavy atom. The van der Waals surface area contributed by atoms with E-state index in [1.165, 1.54) is 0 Å². The first-order valence-corrected chi connectivity index (χ1v) is 11.0. The van der Waals surface area contributed by atoms with Crippen LogP contribution in [-0.4, -0.2) is 47.7 Å². The van der Waals surface area contributed by atoms with Gasteiger partial charge in [-0.1, -0.05) is 11.6 Å². The molecule has 0 amide bonds. The van der Waals surface area contributed by atoms with E-state index in [4.69, 9.17) is 30.5 Å². The summed E-state index contributed by atoms with van der Waals surface area (Å²) in [4.78, 5) is 7.08. The van der Waals surface area contributed by atoms with E-state index in [0.717, 1.165) is 72.4 Å². The van der Waals surface area contributed by atoms with Gasteiger partial charge in [-0.2, -0.15) is 0 Å². The molecule has 1 aromatic carbocycles. The molecule has 32 heavy (non-hydrogen) atoms. The summed E-state index contributed by atoms with van der Waals surface area (Å²) in [5, 5.41) is 3.93. The lowest BCUT2D eigenvalue weighted by molar-refractivity contribution is 0.0341. The summed E-state index contributed by atoms with van der Waals surface area (Å²) in [6.45, 7) is 6.20. The van der Waals surface area contributed by atoms with E-state index >= 15 is 0 Å². The molecule has 0 radical (unpaired) electrons. The van der Waals surface area contributed by atoms with Gasteiger partial charge in [-0.3, -0.25) is 9.30 Å². The molecule has 0 unspecified atom stereocenters. The third kappa shape index (κ3) is 4.19. The second kappa shape index (κ2) is 8.86. The standard InChI is InChI=1S/C24H25ClN4O3/c1-16-23(18-12-22(32-15-18)27-19-3-5-20(30-2)6-4-19)29-14-17(11-21(25)24(29)26-16)13-28-7-9-31-10-8-28/h3-6,11-12,14-15,27H,7-10,13H2,1-2H3. The molecule has 4 heterocycles. The number of rotatable bonds is 6. The molecule has 166 valence electrons. The van der Waals surface area contributed by atoms with E-state index in [9.17, 15) is 0 Å². The zero-order valence-electron chi connectivity index (χ0n) is 18.1. The monoisotopic (exact) mass is 452 g/mol. The van der Waals surface area contributed by atoms with E-state index in [0.29, 0.717) is 10.9 Å². The van der Waals surface area contributed by atoms with E-state index < -0.39 is 0 Å². The van der Waals surface area contributed by atoms with E-state index in [-0.39, 0.29) is 0 Å². The topological polar surface area (TPSA) is 64.2 Å². The van der Waals surface area contributed by atoms with Gasteiger partial charge in [-0.05, 0) is 42.8 Å². The average Bonchev–Trinajstić information content (AvgIpc) is 3.38. The lowest BCUT2D eigenvalue weighted by Crippen LogP contribution is -2.35. The second-order valence-corrected chi connectivity index (χ2v) is 8.28. The third-order valence-corrected chi connectivity index (χ3v) is 5.92. The highest BCUT2D eigenvalue weighted by Crippen LogP contribution is 2.32. The summed E-state index contributed by atoms with van der Waals surface area (Å²) < 4.78 is 18.5. The SMILES string of the molecule is COc1ccc(Nc2cc(-c3c(C)nc4c(Cl)cc(CN5CCOCC5)cn34)co2)cc1. The normalized spacial score (nSPS) is 14.7. The van der Waals surface area contributed by atoms with Crippen LogP contribution >= 0.6 is 11.6 Å². The Morgan fingerprint density at radius 2 is 1.94 bits per heavy atom. The molecule has 1 N–H and O–H groups in total.